The smallest absolute Gasteiger partial charge is 0.416 e. The molecule has 3 aromatic carbocycles. The molecule has 0 N–H and O–H groups in total. The zero-order valence-corrected chi connectivity index (χ0v) is 20.3. The summed E-state index contributed by atoms with van der Waals surface area (Å²) in [7, 11) is 4.69. The van der Waals surface area contributed by atoms with Gasteiger partial charge in [0.25, 0.3) is 0 Å². The highest BCUT2D eigenvalue weighted by Crippen LogP contribution is 2.47. The highest BCUT2D eigenvalue weighted by atomic mass is 32.1. The van der Waals surface area contributed by atoms with Crippen molar-refractivity contribution in [1.82, 2.24) is 14.5 Å². The van der Waals surface area contributed by atoms with Crippen LogP contribution in [-0.2, 0) is 6.18 Å². The van der Waals surface area contributed by atoms with Crippen molar-refractivity contribution in [3.63, 3.8) is 0 Å². The van der Waals surface area contributed by atoms with E-state index >= 15 is 0 Å². The fraction of sp³-hybridized carbons (Fsp3) is 0.154. The van der Waals surface area contributed by atoms with Gasteiger partial charge in [-0.1, -0.05) is 12.1 Å². The molecule has 0 radical (unpaired) electrons. The van der Waals surface area contributed by atoms with Gasteiger partial charge < -0.3 is 14.2 Å². The molecule has 184 valence electrons. The van der Waals surface area contributed by atoms with Gasteiger partial charge in [-0.2, -0.15) is 13.2 Å². The summed E-state index contributed by atoms with van der Waals surface area (Å²) in [5.41, 5.74) is 3.06. The summed E-state index contributed by atoms with van der Waals surface area (Å²) in [6, 6.07) is 14.5. The normalized spacial score (nSPS) is 11.6. The van der Waals surface area contributed by atoms with E-state index in [1.54, 1.807) is 33.9 Å². The van der Waals surface area contributed by atoms with Crippen LogP contribution in [0.4, 0.5) is 13.2 Å². The van der Waals surface area contributed by atoms with Crippen molar-refractivity contribution in [2.24, 2.45) is 0 Å². The first-order valence-electron chi connectivity index (χ1n) is 10.7. The lowest BCUT2D eigenvalue weighted by Crippen LogP contribution is -2.04. The van der Waals surface area contributed by atoms with Crippen LogP contribution in [0.25, 0.3) is 37.7 Å². The average Bonchev–Trinajstić information content (AvgIpc) is 3.54. The fourth-order valence-corrected chi connectivity index (χ4v) is 5.03. The molecule has 0 saturated carbocycles. The maximum absolute atomic E-state index is 12.9. The molecule has 0 fully saturated rings. The second-order valence-electron chi connectivity index (χ2n) is 7.78. The van der Waals surface area contributed by atoms with Crippen molar-refractivity contribution < 1.29 is 27.4 Å². The molecule has 0 aliphatic carbocycles. The van der Waals surface area contributed by atoms with Gasteiger partial charge in [-0.05, 0) is 36.4 Å². The van der Waals surface area contributed by atoms with E-state index in [0.717, 1.165) is 38.6 Å². The summed E-state index contributed by atoms with van der Waals surface area (Å²) in [6.45, 7) is 0. The van der Waals surface area contributed by atoms with Crippen molar-refractivity contribution in [1.29, 1.82) is 0 Å². The van der Waals surface area contributed by atoms with E-state index in [1.807, 2.05) is 34.9 Å². The zero-order chi connectivity index (χ0) is 25.4. The summed E-state index contributed by atoms with van der Waals surface area (Å²) in [6.07, 6.45) is -1.13. The molecule has 0 amide bonds. The number of ether oxygens (including phenoxy) is 3. The Balaban J connectivity index is 1.48. The summed E-state index contributed by atoms with van der Waals surface area (Å²) in [5, 5.41) is 0.791. The molecule has 0 aliphatic heterocycles. The van der Waals surface area contributed by atoms with Crippen molar-refractivity contribution in [3.8, 4) is 44.8 Å². The van der Waals surface area contributed by atoms with Crippen molar-refractivity contribution in [2.45, 2.75) is 6.18 Å². The van der Waals surface area contributed by atoms with E-state index in [4.69, 9.17) is 19.2 Å². The van der Waals surface area contributed by atoms with E-state index in [2.05, 4.69) is 4.98 Å². The summed E-state index contributed by atoms with van der Waals surface area (Å²) < 4.78 is 57.9. The maximum atomic E-state index is 12.9. The Kier molecular flexibility index (Phi) is 6.05. The lowest BCUT2D eigenvalue weighted by molar-refractivity contribution is -0.137. The fourth-order valence-electron chi connectivity index (χ4n) is 3.96. The van der Waals surface area contributed by atoms with Crippen molar-refractivity contribution in [2.75, 3.05) is 21.3 Å². The van der Waals surface area contributed by atoms with Gasteiger partial charge >= 0.3 is 6.18 Å². The second-order valence-corrected chi connectivity index (χ2v) is 8.78. The molecule has 2 heterocycles. The van der Waals surface area contributed by atoms with E-state index in [0.29, 0.717) is 28.5 Å². The number of alkyl halides is 3. The monoisotopic (exact) mass is 511 g/mol. The van der Waals surface area contributed by atoms with E-state index in [1.165, 1.54) is 23.5 Å². The molecule has 6 nitrogen and oxygen atoms in total. The Hall–Kier alpha value is -4.05. The summed E-state index contributed by atoms with van der Waals surface area (Å²) in [5.74, 6) is 1.60. The predicted molar refractivity (Wildman–Crippen MR) is 132 cm³/mol. The van der Waals surface area contributed by atoms with Gasteiger partial charge in [-0.25, -0.2) is 9.97 Å². The maximum Gasteiger partial charge on any atom is 0.416 e. The zero-order valence-electron chi connectivity index (χ0n) is 19.5. The largest absolute Gasteiger partial charge is 0.493 e. The van der Waals surface area contributed by atoms with Crippen LogP contribution in [0, 0.1) is 0 Å². The minimum Gasteiger partial charge on any atom is -0.493 e. The third-order valence-electron chi connectivity index (χ3n) is 5.72. The lowest BCUT2D eigenvalue weighted by Gasteiger charge is -2.11. The first kappa shape index (κ1) is 23.7. The molecule has 0 aliphatic rings. The van der Waals surface area contributed by atoms with E-state index < -0.39 is 11.7 Å². The third-order valence-corrected chi connectivity index (χ3v) is 6.84. The Labute approximate surface area is 208 Å². The number of imidazole rings is 1. The molecule has 0 saturated heterocycles. The molecular weight excluding hydrogens is 491 g/mol. The summed E-state index contributed by atoms with van der Waals surface area (Å²) in [4.78, 5) is 8.95. The Morgan fingerprint density at radius 3 is 2.11 bits per heavy atom. The topological polar surface area (TPSA) is 58.4 Å². The molecule has 0 unspecified atom stereocenters. The van der Waals surface area contributed by atoms with Crippen LogP contribution in [0.2, 0.25) is 0 Å². The lowest BCUT2D eigenvalue weighted by atomic mass is 10.1. The van der Waals surface area contributed by atoms with Crippen LogP contribution in [-0.4, -0.2) is 35.9 Å². The van der Waals surface area contributed by atoms with Crippen LogP contribution in [0.5, 0.6) is 17.2 Å². The molecule has 0 bridgehead atoms. The SMILES string of the molecule is COc1cc2nc(-c3ccc(-n4cncc4-c4ccc(C(F)(F)F)cc4)cc3)sc2c(OC)c1OC. The van der Waals surface area contributed by atoms with Crippen molar-refractivity contribution >= 4 is 21.6 Å². The molecular formula is C26H20F3N3O3S. The van der Waals surface area contributed by atoms with Gasteiger partial charge in [0, 0.05) is 22.9 Å². The van der Waals surface area contributed by atoms with Gasteiger partial charge in [0.2, 0.25) is 5.75 Å². The minimum atomic E-state index is -4.38. The molecule has 36 heavy (non-hydrogen) atoms. The minimum absolute atomic E-state index is 0.508. The number of aromatic nitrogens is 3. The van der Waals surface area contributed by atoms with Gasteiger partial charge in [0.1, 0.15) is 9.71 Å². The molecule has 5 rings (SSSR count). The second kappa shape index (κ2) is 9.19. The number of hydrogen-bond donors (Lipinski definition) is 0. The number of thiazole rings is 1. The van der Waals surface area contributed by atoms with E-state index in [9.17, 15) is 13.2 Å². The highest BCUT2D eigenvalue weighted by Gasteiger charge is 2.30. The summed E-state index contributed by atoms with van der Waals surface area (Å²) >= 11 is 1.47. The van der Waals surface area contributed by atoms with Gasteiger partial charge in [-0.15, -0.1) is 11.3 Å². The molecule has 0 spiro atoms. The van der Waals surface area contributed by atoms with E-state index in [-0.39, 0.29) is 0 Å². The molecule has 2 aromatic heterocycles. The third kappa shape index (κ3) is 4.13. The first-order valence-corrected chi connectivity index (χ1v) is 11.6. The van der Waals surface area contributed by atoms with Gasteiger partial charge in [0.05, 0.1) is 50.6 Å². The Bertz CT molecular complexity index is 1520. The molecule has 10 heteroatoms. The Morgan fingerprint density at radius 1 is 0.833 bits per heavy atom. The average molecular weight is 512 g/mol. The Morgan fingerprint density at radius 2 is 1.50 bits per heavy atom. The number of benzene rings is 3. The molecule has 0 atom stereocenters. The van der Waals surface area contributed by atoms with Crippen LogP contribution >= 0.6 is 11.3 Å². The van der Waals surface area contributed by atoms with Crippen LogP contribution in [0.15, 0.2) is 67.1 Å². The number of nitrogens with zero attached hydrogens (tertiary/aromatic N) is 3. The van der Waals surface area contributed by atoms with Crippen molar-refractivity contribution in [3.05, 3.63) is 72.7 Å². The van der Waals surface area contributed by atoms with Gasteiger partial charge in [-0.3, -0.25) is 4.57 Å². The number of halogens is 3. The first-order chi connectivity index (χ1) is 17.3. The van der Waals surface area contributed by atoms with Gasteiger partial charge in [0.15, 0.2) is 11.5 Å². The standard InChI is InChI=1S/C26H20F3N3O3S/c1-33-21-12-19-24(23(35-3)22(21)34-2)36-25(31-19)16-6-10-18(11-7-16)32-14-30-13-20(32)15-4-8-17(9-5-15)26(27,28)29/h4-14H,1-3H3. The van der Waals surface area contributed by atoms with Crippen LogP contribution in [0.1, 0.15) is 5.56 Å². The molecule has 5 aromatic rings. The number of rotatable bonds is 6. The van der Waals surface area contributed by atoms with Crippen LogP contribution < -0.4 is 14.2 Å². The van der Waals surface area contributed by atoms with Crippen LogP contribution in [0.3, 0.4) is 0 Å². The number of fused-ring (bicyclic) bond motifs is 1. The highest BCUT2D eigenvalue weighted by molar-refractivity contribution is 7.22. The number of methoxy groups -OCH3 is 3. The quantitative estimate of drug-likeness (QED) is 0.249. The number of hydrogen-bond acceptors (Lipinski definition) is 6. The predicted octanol–water partition coefficient (Wildman–Crippen LogP) is 6.86.